The summed E-state index contributed by atoms with van der Waals surface area (Å²) < 4.78 is 14.2. The maximum Gasteiger partial charge on any atom is 0.129 e. The quantitative estimate of drug-likeness (QED) is 0.903. The monoisotopic (exact) mass is 320 g/mol. The van der Waals surface area contributed by atoms with Crippen LogP contribution in [0.4, 0.5) is 4.39 Å². The van der Waals surface area contributed by atoms with Gasteiger partial charge in [-0.3, -0.25) is 4.90 Å². The normalized spacial score (nSPS) is 17.6. The minimum Gasteiger partial charge on any atom is -0.314 e. The lowest BCUT2D eigenvalue weighted by atomic mass is 9.97. The van der Waals surface area contributed by atoms with E-state index in [1.54, 1.807) is 12.1 Å². The highest BCUT2D eigenvalue weighted by atomic mass is 35.5. The van der Waals surface area contributed by atoms with Gasteiger partial charge in [-0.1, -0.05) is 31.0 Å². The maximum absolute atomic E-state index is 14.2. The van der Waals surface area contributed by atoms with Crippen LogP contribution in [0.2, 0.25) is 5.02 Å². The average Bonchev–Trinajstić information content (AvgIpc) is 2.43. The number of hydrogen-bond donors (Lipinski definition) is 1. The Morgan fingerprint density at radius 2 is 2.00 bits per heavy atom. The Morgan fingerprint density at radius 3 is 2.60 bits per heavy atom. The molecule has 1 aromatic carbocycles. The Hall–Kier alpha value is -0.350. The van der Waals surface area contributed by atoms with Crippen LogP contribution >= 0.6 is 24.0 Å². The summed E-state index contributed by atoms with van der Waals surface area (Å²) in [4.78, 5) is 2.35. The standard InChI is InChI=1S/C15H22ClFN2.ClH/c1-3-4-13(19-9-7-18-8-10-19)14-12(17)6-5-11(2)15(14)16;/h5-6,13,18H,3-4,7-10H2,1-2H3;1H/t13-;/m0./s1. The fraction of sp³-hybridized carbons (Fsp3) is 0.600. The summed E-state index contributed by atoms with van der Waals surface area (Å²) in [5, 5.41) is 3.93. The van der Waals surface area contributed by atoms with Crippen LogP contribution in [0.3, 0.4) is 0 Å². The number of rotatable bonds is 4. The van der Waals surface area contributed by atoms with E-state index in [-0.39, 0.29) is 24.3 Å². The molecule has 5 heteroatoms. The molecule has 0 bridgehead atoms. The molecule has 1 N–H and O–H groups in total. The third kappa shape index (κ3) is 3.85. The topological polar surface area (TPSA) is 15.3 Å². The van der Waals surface area contributed by atoms with Gasteiger partial charge in [-0.2, -0.15) is 0 Å². The van der Waals surface area contributed by atoms with E-state index in [0.717, 1.165) is 44.6 Å². The maximum atomic E-state index is 14.2. The van der Waals surface area contributed by atoms with Gasteiger partial charge in [0.15, 0.2) is 0 Å². The molecule has 0 amide bonds. The number of benzene rings is 1. The second kappa shape index (κ2) is 8.18. The fourth-order valence-corrected chi connectivity index (χ4v) is 3.04. The van der Waals surface area contributed by atoms with Gasteiger partial charge in [0, 0.05) is 37.8 Å². The third-order valence-electron chi connectivity index (χ3n) is 3.81. The Balaban J connectivity index is 0.00000200. The zero-order chi connectivity index (χ0) is 13.8. The highest BCUT2D eigenvalue weighted by molar-refractivity contribution is 6.32. The first-order valence-corrected chi connectivity index (χ1v) is 7.42. The Morgan fingerprint density at radius 1 is 1.35 bits per heavy atom. The van der Waals surface area contributed by atoms with Crippen molar-refractivity contribution in [2.45, 2.75) is 32.7 Å². The molecule has 1 saturated heterocycles. The summed E-state index contributed by atoms with van der Waals surface area (Å²) in [6.45, 7) is 7.90. The number of halogens is 3. The van der Waals surface area contributed by atoms with Crippen LogP contribution in [0.25, 0.3) is 0 Å². The first-order valence-electron chi connectivity index (χ1n) is 7.04. The zero-order valence-electron chi connectivity index (χ0n) is 12.1. The van der Waals surface area contributed by atoms with E-state index in [1.165, 1.54) is 0 Å². The molecule has 2 nitrogen and oxygen atoms in total. The van der Waals surface area contributed by atoms with Crippen LogP contribution < -0.4 is 5.32 Å². The molecule has 0 radical (unpaired) electrons. The van der Waals surface area contributed by atoms with E-state index in [4.69, 9.17) is 11.6 Å². The molecule has 114 valence electrons. The van der Waals surface area contributed by atoms with Crippen molar-refractivity contribution in [1.29, 1.82) is 0 Å². The Bertz CT molecular complexity index is 434. The van der Waals surface area contributed by atoms with Crippen molar-refractivity contribution in [1.82, 2.24) is 10.2 Å². The summed E-state index contributed by atoms with van der Waals surface area (Å²) in [6, 6.07) is 3.39. The predicted molar refractivity (Wildman–Crippen MR) is 85.5 cm³/mol. The molecule has 0 spiro atoms. The molecule has 20 heavy (non-hydrogen) atoms. The van der Waals surface area contributed by atoms with Gasteiger partial charge < -0.3 is 5.32 Å². The molecule has 1 fully saturated rings. The minimum atomic E-state index is -0.174. The summed E-state index contributed by atoms with van der Waals surface area (Å²) >= 11 is 6.37. The molecule has 1 heterocycles. The van der Waals surface area contributed by atoms with Crippen molar-refractivity contribution in [3.63, 3.8) is 0 Å². The van der Waals surface area contributed by atoms with Crippen LogP contribution in [0, 0.1) is 12.7 Å². The SMILES string of the molecule is CCC[C@@H](c1c(F)ccc(C)c1Cl)N1CCNCC1.Cl. The van der Waals surface area contributed by atoms with E-state index < -0.39 is 0 Å². The van der Waals surface area contributed by atoms with Gasteiger partial charge >= 0.3 is 0 Å². The predicted octanol–water partition coefficient (Wildman–Crippen LogP) is 3.96. The second-order valence-electron chi connectivity index (χ2n) is 5.18. The van der Waals surface area contributed by atoms with Crippen molar-refractivity contribution < 1.29 is 4.39 Å². The molecule has 1 atom stereocenters. The van der Waals surface area contributed by atoms with Crippen molar-refractivity contribution in [3.05, 3.63) is 34.1 Å². The van der Waals surface area contributed by atoms with Crippen LogP contribution in [0.1, 0.15) is 36.9 Å². The first kappa shape index (κ1) is 17.7. The summed E-state index contributed by atoms with van der Waals surface area (Å²) in [6.07, 6.45) is 1.97. The third-order valence-corrected chi connectivity index (χ3v) is 4.31. The molecular formula is C15H23Cl2FN2. The van der Waals surface area contributed by atoms with Crippen molar-refractivity contribution in [2.24, 2.45) is 0 Å². The van der Waals surface area contributed by atoms with Crippen LogP contribution in [-0.2, 0) is 0 Å². The molecule has 2 rings (SSSR count). The number of aryl methyl sites for hydroxylation is 1. The minimum absolute atomic E-state index is 0. The van der Waals surface area contributed by atoms with Gasteiger partial charge in [0.25, 0.3) is 0 Å². The number of piperazine rings is 1. The highest BCUT2D eigenvalue weighted by Gasteiger charge is 2.26. The Kier molecular flexibility index (Phi) is 7.24. The first-order chi connectivity index (χ1) is 9.15. The van der Waals surface area contributed by atoms with Gasteiger partial charge in [0.2, 0.25) is 0 Å². The second-order valence-corrected chi connectivity index (χ2v) is 5.56. The summed E-state index contributed by atoms with van der Waals surface area (Å²) in [5.41, 5.74) is 1.64. The smallest absolute Gasteiger partial charge is 0.129 e. The summed E-state index contributed by atoms with van der Waals surface area (Å²) in [5.74, 6) is -0.174. The number of nitrogens with zero attached hydrogens (tertiary/aromatic N) is 1. The lowest BCUT2D eigenvalue weighted by molar-refractivity contribution is 0.161. The van der Waals surface area contributed by atoms with Crippen molar-refractivity contribution in [3.8, 4) is 0 Å². The molecule has 1 aliphatic rings. The van der Waals surface area contributed by atoms with E-state index in [9.17, 15) is 4.39 Å². The van der Waals surface area contributed by atoms with Gasteiger partial charge in [-0.25, -0.2) is 4.39 Å². The zero-order valence-corrected chi connectivity index (χ0v) is 13.7. The largest absolute Gasteiger partial charge is 0.314 e. The van der Waals surface area contributed by atoms with E-state index in [1.807, 2.05) is 6.92 Å². The van der Waals surface area contributed by atoms with Crippen molar-refractivity contribution >= 4 is 24.0 Å². The number of nitrogens with one attached hydrogen (secondary N) is 1. The lowest BCUT2D eigenvalue weighted by Gasteiger charge is -2.36. The van der Waals surface area contributed by atoms with E-state index >= 15 is 0 Å². The van der Waals surface area contributed by atoms with E-state index in [0.29, 0.717) is 10.6 Å². The molecule has 1 aromatic rings. The molecule has 1 aliphatic heterocycles. The average molecular weight is 321 g/mol. The van der Waals surface area contributed by atoms with Gasteiger partial charge in [0.1, 0.15) is 5.82 Å². The molecule has 0 saturated carbocycles. The highest BCUT2D eigenvalue weighted by Crippen LogP contribution is 2.35. The van der Waals surface area contributed by atoms with Gasteiger partial charge in [0.05, 0.1) is 5.02 Å². The fourth-order valence-electron chi connectivity index (χ4n) is 2.76. The summed E-state index contributed by atoms with van der Waals surface area (Å²) in [7, 11) is 0. The van der Waals surface area contributed by atoms with Gasteiger partial charge in [-0.05, 0) is 25.0 Å². The van der Waals surface area contributed by atoms with Gasteiger partial charge in [-0.15, -0.1) is 12.4 Å². The van der Waals surface area contributed by atoms with Crippen LogP contribution in [0.5, 0.6) is 0 Å². The number of hydrogen-bond acceptors (Lipinski definition) is 2. The molecule has 0 unspecified atom stereocenters. The molecule has 0 aliphatic carbocycles. The van der Waals surface area contributed by atoms with Crippen molar-refractivity contribution in [2.75, 3.05) is 26.2 Å². The van der Waals surface area contributed by atoms with Crippen LogP contribution in [-0.4, -0.2) is 31.1 Å². The Labute approximate surface area is 132 Å². The lowest BCUT2D eigenvalue weighted by Crippen LogP contribution is -2.45. The molecule has 0 aromatic heterocycles. The molecular weight excluding hydrogens is 298 g/mol. The van der Waals surface area contributed by atoms with Crippen LogP contribution in [0.15, 0.2) is 12.1 Å². The van der Waals surface area contributed by atoms with E-state index in [2.05, 4.69) is 17.1 Å².